The average Bonchev–Trinajstić information content (AvgIpc) is 2.85. The van der Waals surface area contributed by atoms with Gasteiger partial charge in [-0.15, -0.1) is 0 Å². The van der Waals surface area contributed by atoms with Gasteiger partial charge in [-0.05, 0) is 18.3 Å². The lowest BCUT2D eigenvalue weighted by Gasteiger charge is -2.34. The van der Waals surface area contributed by atoms with Gasteiger partial charge in [0.1, 0.15) is 6.10 Å². The quantitative estimate of drug-likeness (QED) is 0.707. The van der Waals surface area contributed by atoms with Crippen LogP contribution in [-0.2, 0) is 9.47 Å². The van der Waals surface area contributed by atoms with Crippen molar-refractivity contribution in [3.8, 4) is 0 Å². The molecule has 0 spiro atoms. The summed E-state index contributed by atoms with van der Waals surface area (Å²) in [5.41, 5.74) is 0.127. The summed E-state index contributed by atoms with van der Waals surface area (Å²) in [4.78, 5) is 14.0. The first-order valence-corrected chi connectivity index (χ1v) is 6.53. The molecule has 0 N–H and O–H groups in total. The highest BCUT2D eigenvalue weighted by molar-refractivity contribution is 5.68. The van der Waals surface area contributed by atoms with E-state index in [2.05, 4.69) is 20.8 Å². The largest absolute Gasteiger partial charge is 0.444 e. The Kier molecular flexibility index (Phi) is 3.61. The van der Waals surface area contributed by atoms with Gasteiger partial charge in [-0.1, -0.05) is 20.8 Å². The maximum absolute atomic E-state index is 12.1. The third-order valence-corrected chi connectivity index (χ3v) is 3.64. The van der Waals surface area contributed by atoms with Crippen LogP contribution in [0.3, 0.4) is 0 Å². The van der Waals surface area contributed by atoms with E-state index >= 15 is 0 Å². The maximum atomic E-state index is 12.1. The Morgan fingerprint density at radius 1 is 1.35 bits per heavy atom. The van der Waals surface area contributed by atoms with Crippen molar-refractivity contribution in [1.29, 1.82) is 0 Å². The van der Waals surface area contributed by atoms with Gasteiger partial charge in [-0.3, -0.25) is 0 Å². The topological polar surface area (TPSA) is 38.8 Å². The molecule has 2 unspecified atom stereocenters. The summed E-state index contributed by atoms with van der Waals surface area (Å²) in [6.45, 7) is 8.64. The Bertz CT molecular complexity index is 279. The van der Waals surface area contributed by atoms with Gasteiger partial charge in [0.25, 0.3) is 0 Å². The smallest absolute Gasteiger partial charge is 0.410 e. The highest BCUT2D eigenvalue weighted by Gasteiger charge is 2.38. The van der Waals surface area contributed by atoms with Crippen molar-refractivity contribution in [3.63, 3.8) is 0 Å². The first-order valence-electron chi connectivity index (χ1n) is 6.53. The number of hydrogen-bond donors (Lipinski definition) is 0. The fourth-order valence-electron chi connectivity index (χ4n) is 2.70. The lowest BCUT2D eigenvalue weighted by Crippen LogP contribution is -2.44. The van der Waals surface area contributed by atoms with Gasteiger partial charge in [0, 0.05) is 19.0 Å². The summed E-state index contributed by atoms with van der Waals surface area (Å²) in [5, 5.41) is 0. The van der Waals surface area contributed by atoms with Crippen LogP contribution in [0.4, 0.5) is 4.79 Å². The number of nitrogens with zero attached hydrogens (tertiary/aromatic N) is 1. The van der Waals surface area contributed by atoms with Gasteiger partial charge < -0.3 is 14.4 Å². The number of carbonyl (C=O) groups is 1. The third kappa shape index (κ3) is 2.92. The van der Waals surface area contributed by atoms with E-state index in [1.807, 2.05) is 4.90 Å². The van der Waals surface area contributed by atoms with Gasteiger partial charge in [-0.2, -0.15) is 0 Å². The van der Waals surface area contributed by atoms with Crippen LogP contribution in [0.25, 0.3) is 0 Å². The normalized spacial score (nSPS) is 29.7. The molecule has 2 fully saturated rings. The van der Waals surface area contributed by atoms with Crippen molar-refractivity contribution in [2.45, 2.75) is 52.2 Å². The number of amides is 1. The second-order valence-electron chi connectivity index (χ2n) is 6.09. The summed E-state index contributed by atoms with van der Waals surface area (Å²) >= 11 is 0. The molecule has 2 aliphatic rings. The molecule has 0 aromatic carbocycles. The van der Waals surface area contributed by atoms with E-state index in [-0.39, 0.29) is 17.6 Å². The molecule has 1 amide bonds. The van der Waals surface area contributed by atoms with E-state index < -0.39 is 0 Å². The summed E-state index contributed by atoms with van der Waals surface area (Å²) in [7, 11) is 0. The summed E-state index contributed by atoms with van der Waals surface area (Å²) < 4.78 is 10.7. The summed E-state index contributed by atoms with van der Waals surface area (Å²) in [5.74, 6) is 0. The van der Waals surface area contributed by atoms with Crippen LogP contribution in [0.5, 0.6) is 0 Å². The highest BCUT2D eigenvalue weighted by atomic mass is 16.6. The second-order valence-corrected chi connectivity index (χ2v) is 6.09. The zero-order chi connectivity index (χ0) is 12.5. The molecule has 4 heteroatoms. The Labute approximate surface area is 103 Å². The first kappa shape index (κ1) is 12.7. The maximum Gasteiger partial charge on any atom is 0.410 e. The van der Waals surface area contributed by atoms with E-state index in [1.165, 1.54) is 0 Å². The van der Waals surface area contributed by atoms with Gasteiger partial charge in [0.05, 0.1) is 13.2 Å². The number of likely N-dealkylation sites (tertiary alicyclic amines) is 1. The molecule has 2 aliphatic heterocycles. The van der Waals surface area contributed by atoms with Gasteiger partial charge in [-0.25, -0.2) is 4.79 Å². The zero-order valence-corrected chi connectivity index (χ0v) is 11.1. The van der Waals surface area contributed by atoms with E-state index in [1.54, 1.807) is 0 Å². The minimum Gasteiger partial charge on any atom is -0.444 e. The molecule has 0 bridgehead atoms. The summed E-state index contributed by atoms with van der Waals surface area (Å²) in [6.07, 6.45) is 2.80. The minimum atomic E-state index is -0.155. The fraction of sp³-hybridized carbons (Fsp3) is 0.923. The predicted octanol–water partition coefficient (Wildman–Crippen LogP) is 2.42. The molecule has 4 nitrogen and oxygen atoms in total. The summed E-state index contributed by atoms with van der Waals surface area (Å²) in [6, 6.07) is 0.303. The van der Waals surface area contributed by atoms with Crippen LogP contribution in [0.1, 0.15) is 40.0 Å². The van der Waals surface area contributed by atoms with Crippen LogP contribution in [-0.4, -0.2) is 42.9 Å². The van der Waals surface area contributed by atoms with Crippen molar-refractivity contribution in [3.05, 3.63) is 0 Å². The van der Waals surface area contributed by atoms with Gasteiger partial charge >= 0.3 is 6.09 Å². The molecule has 0 aromatic heterocycles. The molecule has 0 saturated carbocycles. The predicted molar refractivity (Wildman–Crippen MR) is 64.9 cm³/mol. The Balaban J connectivity index is 1.93. The zero-order valence-electron chi connectivity index (χ0n) is 11.1. The Hall–Kier alpha value is -0.770. The average molecular weight is 241 g/mol. The molecule has 2 atom stereocenters. The standard InChI is InChI=1S/C13H23NO3/c1-13(2,3)11-5-4-7-14(11)12(15)17-10-6-8-16-9-10/h10-11H,4-9H2,1-3H3. The number of ether oxygens (including phenoxy) is 2. The van der Waals surface area contributed by atoms with Gasteiger partial charge in [0.15, 0.2) is 0 Å². The molecule has 98 valence electrons. The molecule has 2 saturated heterocycles. The number of carbonyl (C=O) groups excluding carboxylic acids is 1. The van der Waals surface area contributed by atoms with Crippen molar-refractivity contribution in [1.82, 2.24) is 4.90 Å². The first-order chi connectivity index (χ1) is 7.98. The van der Waals surface area contributed by atoms with E-state index in [4.69, 9.17) is 9.47 Å². The molecular weight excluding hydrogens is 218 g/mol. The lowest BCUT2D eigenvalue weighted by molar-refractivity contribution is 0.0387. The lowest BCUT2D eigenvalue weighted by atomic mass is 9.85. The molecule has 17 heavy (non-hydrogen) atoms. The third-order valence-electron chi connectivity index (χ3n) is 3.64. The van der Waals surface area contributed by atoms with Crippen molar-refractivity contribution >= 4 is 6.09 Å². The highest BCUT2D eigenvalue weighted by Crippen LogP contribution is 2.33. The fourth-order valence-corrected chi connectivity index (χ4v) is 2.70. The van der Waals surface area contributed by atoms with Crippen molar-refractivity contribution < 1.29 is 14.3 Å². The van der Waals surface area contributed by atoms with Crippen LogP contribution >= 0.6 is 0 Å². The second kappa shape index (κ2) is 4.84. The molecule has 2 heterocycles. The van der Waals surface area contributed by atoms with Crippen LogP contribution in [0.2, 0.25) is 0 Å². The Morgan fingerprint density at radius 3 is 2.71 bits per heavy atom. The van der Waals surface area contributed by atoms with Crippen LogP contribution < -0.4 is 0 Å². The van der Waals surface area contributed by atoms with Crippen molar-refractivity contribution in [2.24, 2.45) is 5.41 Å². The molecule has 0 aliphatic carbocycles. The van der Waals surface area contributed by atoms with E-state index in [0.29, 0.717) is 19.3 Å². The number of hydrogen-bond acceptors (Lipinski definition) is 3. The number of rotatable bonds is 1. The molecular formula is C13H23NO3. The monoisotopic (exact) mass is 241 g/mol. The minimum absolute atomic E-state index is 0.0382. The molecule has 2 rings (SSSR count). The van der Waals surface area contributed by atoms with Crippen molar-refractivity contribution in [2.75, 3.05) is 19.8 Å². The Morgan fingerprint density at radius 2 is 2.12 bits per heavy atom. The SMILES string of the molecule is CC(C)(C)C1CCCN1C(=O)OC1CCOC1. The van der Waals surface area contributed by atoms with Crippen LogP contribution in [0.15, 0.2) is 0 Å². The van der Waals surface area contributed by atoms with E-state index in [0.717, 1.165) is 25.8 Å². The van der Waals surface area contributed by atoms with Gasteiger partial charge in [0.2, 0.25) is 0 Å². The molecule has 0 radical (unpaired) electrons. The molecule has 0 aromatic rings. The van der Waals surface area contributed by atoms with E-state index in [9.17, 15) is 4.79 Å². The van der Waals surface area contributed by atoms with Crippen LogP contribution in [0, 0.1) is 5.41 Å².